The first kappa shape index (κ1) is 17.5. The van der Waals surface area contributed by atoms with E-state index >= 15 is 0 Å². The molecule has 3 aromatic rings. The van der Waals surface area contributed by atoms with Gasteiger partial charge in [0.15, 0.2) is 0 Å². The van der Waals surface area contributed by atoms with Gasteiger partial charge in [-0.2, -0.15) is 0 Å². The fourth-order valence-corrected chi connectivity index (χ4v) is 2.39. The Labute approximate surface area is 152 Å². The smallest absolute Gasteiger partial charge is 0.255 e. The van der Waals surface area contributed by atoms with Crippen LogP contribution in [0.4, 0.5) is 0 Å². The van der Waals surface area contributed by atoms with E-state index in [1.807, 2.05) is 54.6 Å². The van der Waals surface area contributed by atoms with Gasteiger partial charge in [0.05, 0.1) is 5.56 Å². The maximum absolute atomic E-state index is 12.5. The fraction of sp³-hybridized carbons (Fsp3) is 0.143. The van der Waals surface area contributed by atoms with Gasteiger partial charge in [-0.1, -0.05) is 30.3 Å². The van der Waals surface area contributed by atoms with Crippen LogP contribution in [0.3, 0.4) is 0 Å². The normalized spacial score (nSPS) is 10.2. The molecule has 132 valence electrons. The molecule has 1 aromatic heterocycles. The van der Waals surface area contributed by atoms with E-state index in [0.29, 0.717) is 31.1 Å². The van der Waals surface area contributed by atoms with Crippen LogP contribution in [0.2, 0.25) is 0 Å². The number of carbonyl (C=O) groups excluding carboxylic acids is 1. The summed E-state index contributed by atoms with van der Waals surface area (Å²) in [6.07, 6.45) is 3.40. The Balaban J connectivity index is 1.52. The molecule has 0 unspecified atom stereocenters. The molecule has 3 rings (SSSR count). The quantitative estimate of drug-likeness (QED) is 0.633. The molecule has 0 aliphatic heterocycles. The van der Waals surface area contributed by atoms with Crippen molar-refractivity contribution < 1.29 is 14.3 Å². The summed E-state index contributed by atoms with van der Waals surface area (Å²) in [6, 6.07) is 20.5. The van der Waals surface area contributed by atoms with Crippen molar-refractivity contribution in [2.45, 2.75) is 6.54 Å². The maximum Gasteiger partial charge on any atom is 0.255 e. The Morgan fingerprint density at radius 3 is 2.35 bits per heavy atom. The second kappa shape index (κ2) is 9.22. The largest absolute Gasteiger partial charge is 0.490 e. The Kier molecular flexibility index (Phi) is 6.20. The molecule has 0 saturated heterocycles. The highest BCUT2D eigenvalue weighted by Crippen LogP contribution is 2.18. The first-order valence-corrected chi connectivity index (χ1v) is 8.40. The number of hydrogen-bond donors (Lipinski definition) is 1. The molecule has 1 amide bonds. The van der Waals surface area contributed by atoms with Crippen molar-refractivity contribution in [3.63, 3.8) is 0 Å². The molecular formula is C21H20N2O3. The highest BCUT2D eigenvalue weighted by Gasteiger charge is 2.11. The standard InChI is InChI=1S/C21H20N2O3/c24-21(23-16-17-10-12-22-13-11-17)19-8-4-5-9-20(19)26-15-14-25-18-6-2-1-3-7-18/h1-13H,14-16H2,(H,23,24). The van der Waals surface area contributed by atoms with Crippen LogP contribution >= 0.6 is 0 Å². The average molecular weight is 348 g/mol. The summed E-state index contributed by atoms with van der Waals surface area (Å²) < 4.78 is 11.3. The zero-order chi connectivity index (χ0) is 18.0. The van der Waals surface area contributed by atoms with Gasteiger partial charge in [0.2, 0.25) is 0 Å². The monoisotopic (exact) mass is 348 g/mol. The molecule has 1 N–H and O–H groups in total. The number of aromatic nitrogens is 1. The van der Waals surface area contributed by atoms with Crippen molar-refractivity contribution in [2.75, 3.05) is 13.2 Å². The third kappa shape index (κ3) is 5.08. The predicted octanol–water partition coefficient (Wildman–Crippen LogP) is 3.47. The van der Waals surface area contributed by atoms with Crippen LogP contribution in [0.5, 0.6) is 11.5 Å². The number of rotatable bonds is 8. The number of ether oxygens (including phenoxy) is 2. The topological polar surface area (TPSA) is 60.5 Å². The molecule has 26 heavy (non-hydrogen) atoms. The van der Waals surface area contributed by atoms with Crippen LogP contribution in [0, 0.1) is 0 Å². The fourth-order valence-electron chi connectivity index (χ4n) is 2.39. The van der Waals surface area contributed by atoms with Gasteiger partial charge in [-0.15, -0.1) is 0 Å². The van der Waals surface area contributed by atoms with Crippen LogP contribution < -0.4 is 14.8 Å². The first-order chi connectivity index (χ1) is 12.8. The lowest BCUT2D eigenvalue weighted by Gasteiger charge is -2.12. The second-order valence-corrected chi connectivity index (χ2v) is 5.54. The van der Waals surface area contributed by atoms with Crippen molar-refractivity contribution in [3.05, 3.63) is 90.3 Å². The van der Waals surface area contributed by atoms with E-state index in [9.17, 15) is 4.79 Å². The number of pyridine rings is 1. The summed E-state index contributed by atoms with van der Waals surface area (Å²) in [5.41, 5.74) is 1.49. The molecule has 0 saturated carbocycles. The Morgan fingerprint density at radius 2 is 1.54 bits per heavy atom. The highest BCUT2D eigenvalue weighted by atomic mass is 16.5. The van der Waals surface area contributed by atoms with E-state index in [1.54, 1.807) is 24.5 Å². The maximum atomic E-state index is 12.5. The molecular weight excluding hydrogens is 328 g/mol. The van der Waals surface area contributed by atoms with Gasteiger partial charge in [0.1, 0.15) is 24.7 Å². The number of benzene rings is 2. The van der Waals surface area contributed by atoms with E-state index in [1.165, 1.54) is 0 Å². The first-order valence-electron chi connectivity index (χ1n) is 8.40. The van der Waals surface area contributed by atoms with Gasteiger partial charge >= 0.3 is 0 Å². The molecule has 5 heteroatoms. The number of nitrogens with zero attached hydrogens (tertiary/aromatic N) is 1. The van der Waals surface area contributed by atoms with Crippen LogP contribution in [0.25, 0.3) is 0 Å². The molecule has 1 heterocycles. The average Bonchev–Trinajstić information content (AvgIpc) is 2.71. The van der Waals surface area contributed by atoms with E-state index in [-0.39, 0.29) is 5.91 Å². The molecule has 0 radical (unpaired) electrons. The Hall–Kier alpha value is -3.34. The summed E-state index contributed by atoms with van der Waals surface area (Å²) in [4.78, 5) is 16.4. The van der Waals surface area contributed by atoms with Gasteiger partial charge in [-0.25, -0.2) is 0 Å². The van der Waals surface area contributed by atoms with Crippen LogP contribution in [0.15, 0.2) is 79.1 Å². The number of hydrogen-bond acceptors (Lipinski definition) is 4. The van der Waals surface area contributed by atoms with Gasteiger partial charge in [-0.05, 0) is 42.0 Å². The van der Waals surface area contributed by atoms with Crippen LogP contribution in [-0.4, -0.2) is 24.1 Å². The highest BCUT2D eigenvalue weighted by molar-refractivity contribution is 5.96. The molecule has 2 aromatic carbocycles. The summed E-state index contributed by atoms with van der Waals surface area (Å²) in [6.45, 7) is 1.19. The SMILES string of the molecule is O=C(NCc1ccncc1)c1ccccc1OCCOc1ccccc1. The van der Waals surface area contributed by atoms with Crippen molar-refractivity contribution in [2.24, 2.45) is 0 Å². The Bertz CT molecular complexity index is 823. The third-order valence-electron chi connectivity index (χ3n) is 3.69. The summed E-state index contributed by atoms with van der Waals surface area (Å²) in [5.74, 6) is 1.15. The van der Waals surface area contributed by atoms with E-state index in [0.717, 1.165) is 11.3 Å². The molecule has 0 fully saturated rings. The van der Waals surface area contributed by atoms with E-state index < -0.39 is 0 Å². The summed E-state index contributed by atoms with van der Waals surface area (Å²) >= 11 is 0. The minimum absolute atomic E-state index is 0.179. The number of nitrogens with one attached hydrogen (secondary N) is 1. The lowest BCUT2D eigenvalue weighted by atomic mass is 10.2. The van der Waals surface area contributed by atoms with Crippen molar-refractivity contribution in [1.29, 1.82) is 0 Å². The Morgan fingerprint density at radius 1 is 0.846 bits per heavy atom. The van der Waals surface area contributed by atoms with Gasteiger partial charge in [0.25, 0.3) is 5.91 Å². The van der Waals surface area contributed by atoms with Gasteiger partial charge < -0.3 is 14.8 Å². The molecule has 0 aliphatic carbocycles. The van der Waals surface area contributed by atoms with Gasteiger partial charge in [-0.3, -0.25) is 9.78 Å². The molecule has 0 atom stereocenters. The summed E-state index contributed by atoms with van der Waals surface area (Å²) in [7, 11) is 0. The molecule has 0 bridgehead atoms. The minimum atomic E-state index is -0.179. The zero-order valence-electron chi connectivity index (χ0n) is 14.3. The second-order valence-electron chi connectivity index (χ2n) is 5.54. The lowest BCUT2D eigenvalue weighted by molar-refractivity contribution is 0.0945. The van der Waals surface area contributed by atoms with Crippen molar-refractivity contribution in [3.8, 4) is 11.5 Å². The third-order valence-corrected chi connectivity index (χ3v) is 3.69. The lowest BCUT2D eigenvalue weighted by Crippen LogP contribution is -2.23. The molecule has 5 nitrogen and oxygen atoms in total. The van der Waals surface area contributed by atoms with Crippen LogP contribution in [0.1, 0.15) is 15.9 Å². The predicted molar refractivity (Wildman–Crippen MR) is 99.3 cm³/mol. The van der Waals surface area contributed by atoms with Crippen molar-refractivity contribution >= 4 is 5.91 Å². The zero-order valence-corrected chi connectivity index (χ0v) is 14.3. The summed E-state index contributed by atoms with van der Waals surface area (Å²) in [5, 5.41) is 2.89. The van der Waals surface area contributed by atoms with Crippen molar-refractivity contribution in [1.82, 2.24) is 10.3 Å². The van der Waals surface area contributed by atoms with Gasteiger partial charge in [0, 0.05) is 18.9 Å². The molecule has 0 spiro atoms. The number of amides is 1. The minimum Gasteiger partial charge on any atom is -0.490 e. The number of carbonyl (C=O) groups is 1. The number of para-hydroxylation sites is 2. The van der Waals surface area contributed by atoms with Crippen LogP contribution in [-0.2, 0) is 6.54 Å². The molecule has 0 aliphatic rings. The van der Waals surface area contributed by atoms with E-state index in [2.05, 4.69) is 10.3 Å². The van der Waals surface area contributed by atoms with E-state index in [4.69, 9.17) is 9.47 Å².